The number of carbonyl (C=O) groups is 2. The minimum atomic E-state index is -0.229. The molecular formula is C35H45N3O4. The molecule has 3 aromatic rings. The van der Waals surface area contributed by atoms with Crippen LogP contribution in [0.25, 0.3) is 0 Å². The Hall–Kier alpha value is -3.84. The zero-order chi connectivity index (χ0) is 29.6. The lowest BCUT2D eigenvalue weighted by Crippen LogP contribution is -2.36. The first-order valence-corrected chi connectivity index (χ1v) is 15.4. The molecule has 7 heteroatoms. The number of piperidine rings is 1. The molecular weight excluding hydrogens is 526 g/mol. The van der Waals surface area contributed by atoms with E-state index in [0.717, 1.165) is 63.1 Å². The quantitative estimate of drug-likeness (QED) is 0.198. The van der Waals surface area contributed by atoms with Gasteiger partial charge in [-0.3, -0.25) is 9.59 Å². The van der Waals surface area contributed by atoms with Crippen molar-refractivity contribution in [3.05, 3.63) is 89.5 Å². The fourth-order valence-corrected chi connectivity index (χ4v) is 5.25. The van der Waals surface area contributed by atoms with Crippen molar-refractivity contribution in [3.8, 4) is 5.75 Å². The maximum absolute atomic E-state index is 13.4. The molecule has 224 valence electrons. The molecule has 0 unspecified atom stereocenters. The van der Waals surface area contributed by atoms with Gasteiger partial charge in [0.15, 0.2) is 0 Å². The van der Waals surface area contributed by atoms with Crippen molar-refractivity contribution in [2.75, 3.05) is 49.7 Å². The number of hydrogen-bond donors (Lipinski definition) is 2. The molecule has 1 saturated heterocycles. The molecule has 0 atom stereocenters. The van der Waals surface area contributed by atoms with Gasteiger partial charge in [-0.1, -0.05) is 43.7 Å². The third-order valence-corrected chi connectivity index (χ3v) is 7.66. The lowest BCUT2D eigenvalue weighted by atomic mass is 9.89. The van der Waals surface area contributed by atoms with Crippen molar-refractivity contribution in [2.24, 2.45) is 5.92 Å². The van der Waals surface area contributed by atoms with Crippen LogP contribution in [0.1, 0.15) is 72.2 Å². The molecule has 42 heavy (non-hydrogen) atoms. The van der Waals surface area contributed by atoms with E-state index in [2.05, 4.69) is 52.8 Å². The number of nitrogens with one attached hydrogen (secondary N) is 2. The van der Waals surface area contributed by atoms with Crippen LogP contribution in [-0.4, -0.2) is 51.3 Å². The lowest BCUT2D eigenvalue weighted by molar-refractivity contribution is 0.0943. The average Bonchev–Trinajstić information content (AvgIpc) is 3.02. The summed E-state index contributed by atoms with van der Waals surface area (Å²) >= 11 is 0. The maximum Gasteiger partial charge on any atom is 0.255 e. The Morgan fingerprint density at radius 3 is 2.36 bits per heavy atom. The largest absolute Gasteiger partial charge is 0.494 e. The summed E-state index contributed by atoms with van der Waals surface area (Å²) in [6.07, 6.45) is 6.03. The molecule has 0 saturated carbocycles. The van der Waals surface area contributed by atoms with Gasteiger partial charge in [0.2, 0.25) is 0 Å². The van der Waals surface area contributed by atoms with Gasteiger partial charge in [-0.15, -0.1) is 0 Å². The second-order valence-corrected chi connectivity index (χ2v) is 10.8. The molecule has 2 N–H and O–H groups in total. The second kappa shape index (κ2) is 16.6. The van der Waals surface area contributed by atoms with Crippen LogP contribution in [0.2, 0.25) is 0 Å². The molecule has 1 fully saturated rings. The summed E-state index contributed by atoms with van der Waals surface area (Å²) in [4.78, 5) is 28.7. The molecule has 2 amide bonds. The normalized spacial score (nSPS) is 13.5. The van der Waals surface area contributed by atoms with Crippen LogP contribution < -0.4 is 20.3 Å². The number of benzene rings is 3. The van der Waals surface area contributed by atoms with E-state index in [0.29, 0.717) is 49.1 Å². The molecule has 1 aliphatic heterocycles. The van der Waals surface area contributed by atoms with E-state index in [-0.39, 0.29) is 11.8 Å². The van der Waals surface area contributed by atoms with Gasteiger partial charge in [-0.25, -0.2) is 0 Å². The minimum Gasteiger partial charge on any atom is -0.494 e. The summed E-state index contributed by atoms with van der Waals surface area (Å²) in [5.41, 5.74) is 3.98. The maximum atomic E-state index is 13.4. The van der Waals surface area contributed by atoms with Crippen LogP contribution in [0.3, 0.4) is 0 Å². The van der Waals surface area contributed by atoms with E-state index in [1.165, 1.54) is 5.56 Å². The van der Waals surface area contributed by atoms with Gasteiger partial charge in [0.25, 0.3) is 11.8 Å². The van der Waals surface area contributed by atoms with Crippen LogP contribution in [0.4, 0.5) is 11.4 Å². The van der Waals surface area contributed by atoms with Gasteiger partial charge in [-0.2, -0.15) is 0 Å². The van der Waals surface area contributed by atoms with E-state index in [4.69, 9.17) is 9.47 Å². The van der Waals surface area contributed by atoms with Gasteiger partial charge in [0, 0.05) is 49.8 Å². The topological polar surface area (TPSA) is 79.9 Å². The first kappa shape index (κ1) is 31.1. The zero-order valence-electron chi connectivity index (χ0n) is 25.1. The number of unbranched alkanes of at least 4 members (excludes halogenated alkanes) is 1. The van der Waals surface area contributed by atoms with Crippen molar-refractivity contribution in [2.45, 2.75) is 52.4 Å². The number of rotatable bonds is 15. The Balaban J connectivity index is 1.43. The van der Waals surface area contributed by atoms with Gasteiger partial charge in [-0.05, 0) is 93.0 Å². The van der Waals surface area contributed by atoms with Crippen molar-refractivity contribution in [1.29, 1.82) is 0 Å². The van der Waals surface area contributed by atoms with Crippen LogP contribution >= 0.6 is 0 Å². The Morgan fingerprint density at radius 1 is 0.881 bits per heavy atom. The predicted molar refractivity (Wildman–Crippen MR) is 170 cm³/mol. The number of ether oxygens (including phenoxy) is 2. The molecule has 4 rings (SSSR count). The summed E-state index contributed by atoms with van der Waals surface area (Å²) in [5.74, 6) is 1.01. The predicted octanol–water partition coefficient (Wildman–Crippen LogP) is 6.73. The first-order chi connectivity index (χ1) is 20.6. The fraction of sp³-hybridized carbons (Fsp3) is 0.429. The Bertz CT molecular complexity index is 1250. The lowest BCUT2D eigenvalue weighted by Gasteiger charge is -2.35. The molecule has 7 nitrogen and oxygen atoms in total. The van der Waals surface area contributed by atoms with Crippen LogP contribution in [0.5, 0.6) is 5.75 Å². The highest BCUT2D eigenvalue weighted by Crippen LogP contribution is 2.30. The number of amides is 2. The van der Waals surface area contributed by atoms with Crippen molar-refractivity contribution in [1.82, 2.24) is 5.32 Å². The van der Waals surface area contributed by atoms with E-state index < -0.39 is 0 Å². The van der Waals surface area contributed by atoms with Gasteiger partial charge >= 0.3 is 0 Å². The molecule has 0 spiro atoms. The van der Waals surface area contributed by atoms with E-state index in [1.807, 2.05) is 31.2 Å². The number of hydrogen-bond acceptors (Lipinski definition) is 5. The van der Waals surface area contributed by atoms with E-state index in [1.54, 1.807) is 18.2 Å². The summed E-state index contributed by atoms with van der Waals surface area (Å²) in [6, 6.07) is 23.4. The molecule has 0 aliphatic carbocycles. The van der Waals surface area contributed by atoms with E-state index in [9.17, 15) is 9.59 Å². The minimum absolute atomic E-state index is 0.141. The fourth-order valence-electron chi connectivity index (χ4n) is 5.25. The number of carbonyl (C=O) groups excluding carboxylic acids is 2. The Labute approximate surface area is 250 Å². The third kappa shape index (κ3) is 9.35. The van der Waals surface area contributed by atoms with Crippen molar-refractivity contribution in [3.63, 3.8) is 0 Å². The van der Waals surface area contributed by atoms with Crippen molar-refractivity contribution < 1.29 is 19.1 Å². The molecule has 0 aromatic heterocycles. The third-order valence-electron chi connectivity index (χ3n) is 7.66. The Morgan fingerprint density at radius 2 is 1.64 bits per heavy atom. The highest BCUT2D eigenvalue weighted by molar-refractivity contribution is 6.06. The summed E-state index contributed by atoms with van der Waals surface area (Å²) in [7, 11) is 0. The van der Waals surface area contributed by atoms with Crippen LogP contribution in [0.15, 0.2) is 72.8 Å². The summed E-state index contributed by atoms with van der Waals surface area (Å²) in [6.45, 7) is 8.32. The van der Waals surface area contributed by atoms with Crippen molar-refractivity contribution >= 4 is 23.2 Å². The average molecular weight is 572 g/mol. The second-order valence-electron chi connectivity index (χ2n) is 10.8. The zero-order valence-corrected chi connectivity index (χ0v) is 25.1. The standard InChI is InChI=1S/C35H45N3O4/c1-3-5-24-42-31-15-12-29(13-16-31)34(39)37-30-14-17-33(32(26-30)35(40)36-20-9-23-41-4-2)38-21-18-28(19-22-38)25-27-10-7-6-8-11-27/h6-8,10-17,26,28H,3-5,9,18-25H2,1-2H3,(H,36,40)(H,37,39). The molecule has 0 radical (unpaired) electrons. The highest BCUT2D eigenvalue weighted by atomic mass is 16.5. The molecule has 3 aromatic carbocycles. The highest BCUT2D eigenvalue weighted by Gasteiger charge is 2.24. The summed E-state index contributed by atoms with van der Waals surface area (Å²) in [5, 5.41) is 6.02. The van der Waals surface area contributed by atoms with Crippen LogP contribution in [-0.2, 0) is 11.2 Å². The number of anilines is 2. The SMILES string of the molecule is CCCCOc1ccc(C(=O)Nc2ccc(N3CCC(Cc4ccccc4)CC3)c(C(=O)NCCCOCC)c2)cc1. The van der Waals surface area contributed by atoms with Gasteiger partial charge in [0.1, 0.15) is 5.75 Å². The van der Waals surface area contributed by atoms with Gasteiger partial charge < -0.3 is 25.0 Å². The summed E-state index contributed by atoms with van der Waals surface area (Å²) < 4.78 is 11.1. The molecule has 1 aliphatic rings. The van der Waals surface area contributed by atoms with E-state index >= 15 is 0 Å². The molecule has 1 heterocycles. The molecule has 0 bridgehead atoms. The Kier molecular flexibility index (Phi) is 12.3. The van der Waals surface area contributed by atoms with Gasteiger partial charge in [0.05, 0.1) is 12.2 Å². The monoisotopic (exact) mass is 571 g/mol. The van der Waals surface area contributed by atoms with Crippen LogP contribution in [0, 0.1) is 5.92 Å². The number of nitrogens with zero attached hydrogens (tertiary/aromatic N) is 1. The first-order valence-electron chi connectivity index (χ1n) is 15.4. The smallest absolute Gasteiger partial charge is 0.255 e.